The molecule has 0 bridgehead atoms. The van der Waals surface area contributed by atoms with Gasteiger partial charge in [-0.3, -0.25) is 14.5 Å². The Labute approximate surface area is 150 Å². The van der Waals surface area contributed by atoms with E-state index in [0.717, 1.165) is 12.8 Å². The molecule has 1 aliphatic heterocycles. The lowest BCUT2D eigenvalue weighted by Crippen LogP contribution is -2.32. The Morgan fingerprint density at radius 2 is 2.00 bits per heavy atom. The van der Waals surface area contributed by atoms with Crippen molar-refractivity contribution in [1.82, 2.24) is 4.90 Å². The fraction of sp³-hybridized carbons (Fsp3) is 0.500. The minimum atomic E-state index is -0.604. The maximum absolute atomic E-state index is 12.6. The molecule has 1 saturated carbocycles. The molecule has 0 aromatic heterocycles. The van der Waals surface area contributed by atoms with Crippen LogP contribution in [0.15, 0.2) is 18.2 Å². The molecule has 26 heavy (non-hydrogen) atoms. The van der Waals surface area contributed by atoms with E-state index in [1.807, 2.05) is 0 Å². The predicted molar refractivity (Wildman–Crippen MR) is 89.4 cm³/mol. The van der Waals surface area contributed by atoms with Gasteiger partial charge in [-0.25, -0.2) is 4.79 Å². The van der Waals surface area contributed by atoms with Crippen LogP contribution in [0.2, 0.25) is 0 Å². The topological polar surface area (TPSA) is 91.4 Å². The molecule has 1 aliphatic carbocycles. The van der Waals surface area contributed by atoms with E-state index >= 15 is 0 Å². The van der Waals surface area contributed by atoms with E-state index in [1.54, 1.807) is 18.2 Å². The lowest BCUT2D eigenvalue weighted by Gasteiger charge is -2.14. The van der Waals surface area contributed by atoms with Crippen LogP contribution in [-0.2, 0) is 14.3 Å². The summed E-state index contributed by atoms with van der Waals surface area (Å²) in [5, 5.41) is 0. The molecule has 2 aliphatic rings. The van der Waals surface area contributed by atoms with Crippen LogP contribution in [-0.4, -0.2) is 62.8 Å². The fourth-order valence-electron chi connectivity index (χ4n) is 2.69. The van der Waals surface area contributed by atoms with E-state index in [1.165, 1.54) is 19.1 Å². The second-order valence-electron chi connectivity index (χ2n) is 6.28. The Kier molecular flexibility index (Phi) is 5.29. The molecule has 0 radical (unpaired) electrons. The van der Waals surface area contributed by atoms with Crippen LogP contribution in [0.25, 0.3) is 0 Å². The highest BCUT2D eigenvalue weighted by Crippen LogP contribution is 2.30. The molecule has 0 spiro atoms. The van der Waals surface area contributed by atoms with Crippen molar-refractivity contribution in [3.8, 4) is 11.5 Å². The van der Waals surface area contributed by atoms with Gasteiger partial charge in [0.05, 0.1) is 38.8 Å². The van der Waals surface area contributed by atoms with Gasteiger partial charge in [0.2, 0.25) is 0 Å². The van der Waals surface area contributed by atoms with Crippen molar-refractivity contribution in [2.75, 3.05) is 33.9 Å². The van der Waals surface area contributed by atoms with Crippen molar-refractivity contribution < 1.29 is 33.3 Å². The maximum Gasteiger partial charge on any atom is 0.410 e. The van der Waals surface area contributed by atoms with Crippen molar-refractivity contribution >= 4 is 17.8 Å². The molecule has 140 valence electrons. The summed E-state index contributed by atoms with van der Waals surface area (Å²) in [5.74, 6) is 0.358. The van der Waals surface area contributed by atoms with Gasteiger partial charge in [-0.15, -0.1) is 0 Å². The minimum Gasteiger partial charge on any atom is -0.497 e. The Morgan fingerprint density at radius 3 is 2.65 bits per heavy atom. The number of cyclic esters (lactones) is 1. The smallest absolute Gasteiger partial charge is 0.410 e. The van der Waals surface area contributed by atoms with E-state index < -0.39 is 12.2 Å². The number of ether oxygens (including phenoxy) is 4. The Balaban J connectivity index is 1.58. The molecule has 2 fully saturated rings. The summed E-state index contributed by atoms with van der Waals surface area (Å²) in [6.07, 6.45) is 0.538. The highest BCUT2D eigenvalue weighted by molar-refractivity contribution is 6.01. The number of amides is 1. The number of nitrogens with zero attached hydrogens (tertiary/aromatic N) is 1. The van der Waals surface area contributed by atoms with Gasteiger partial charge in [0.1, 0.15) is 18.1 Å². The molecule has 1 unspecified atom stereocenters. The Morgan fingerprint density at radius 1 is 1.23 bits per heavy atom. The van der Waals surface area contributed by atoms with E-state index in [-0.39, 0.29) is 37.4 Å². The Hall–Kier alpha value is -2.77. The predicted octanol–water partition coefficient (Wildman–Crippen LogP) is 1.66. The molecule has 8 heteroatoms. The van der Waals surface area contributed by atoms with E-state index in [4.69, 9.17) is 18.9 Å². The van der Waals surface area contributed by atoms with Gasteiger partial charge in [-0.1, -0.05) is 0 Å². The summed E-state index contributed by atoms with van der Waals surface area (Å²) < 4.78 is 20.6. The average Bonchev–Trinajstić information content (AvgIpc) is 3.44. The van der Waals surface area contributed by atoms with Gasteiger partial charge in [-0.05, 0) is 31.0 Å². The molecule has 1 heterocycles. The van der Waals surface area contributed by atoms with Gasteiger partial charge in [0.25, 0.3) is 0 Å². The molecule has 1 saturated heterocycles. The lowest BCUT2D eigenvalue weighted by molar-refractivity contribution is -0.147. The summed E-state index contributed by atoms with van der Waals surface area (Å²) in [4.78, 5) is 37.4. The van der Waals surface area contributed by atoms with Gasteiger partial charge in [0.15, 0.2) is 11.9 Å². The second-order valence-corrected chi connectivity index (χ2v) is 6.28. The SMILES string of the molecule is COc1ccc(OC)c(C(=O)CN2CC(COC(=O)C3CC3)OC2=O)c1. The van der Waals surface area contributed by atoms with Crippen molar-refractivity contribution in [3.63, 3.8) is 0 Å². The largest absolute Gasteiger partial charge is 0.497 e. The molecule has 1 aromatic rings. The third-order valence-corrected chi connectivity index (χ3v) is 4.31. The summed E-state index contributed by atoms with van der Waals surface area (Å²) in [6.45, 7) is 0.0402. The number of hydrogen-bond acceptors (Lipinski definition) is 7. The van der Waals surface area contributed by atoms with Gasteiger partial charge in [0, 0.05) is 0 Å². The number of methoxy groups -OCH3 is 2. The van der Waals surface area contributed by atoms with Crippen LogP contribution >= 0.6 is 0 Å². The molecular weight excluding hydrogens is 342 g/mol. The normalized spacial score (nSPS) is 19.1. The monoisotopic (exact) mass is 363 g/mol. The first-order valence-electron chi connectivity index (χ1n) is 8.39. The number of rotatable bonds is 8. The van der Waals surface area contributed by atoms with Crippen molar-refractivity contribution in [2.45, 2.75) is 18.9 Å². The minimum absolute atomic E-state index is 0.00818. The molecular formula is C18H21NO7. The Bertz CT molecular complexity index is 713. The third-order valence-electron chi connectivity index (χ3n) is 4.31. The van der Waals surface area contributed by atoms with E-state index in [9.17, 15) is 14.4 Å². The fourth-order valence-corrected chi connectivity index (χ4v) is 2.69. The maximum atomic E-state index is 12.6. The quantitative estimate of drug-likeness (QED) is 0.512. The number of carbonyl (C=O) groups excluding carboxylic acids is 3. The zero-order valence-electron chi connectivity index (χ0n) is 14.7. The summed E-state index contributed by atoms with van der Waals surface area (Å²) in [6, 6.07) is 4.88. The molecule has 8 nitrogen and oxygen atoms in total. The molecule has 1 aromatic carbocycles. The molecule has 0 N–H and O–H groups in total. The van der Waals surface area contributed by atoms with E-state index in [2.05, 4.69) is 0 Å². The van der Waals surface area contributed by atoms with Gasteiger partial charge in [-0.2, -0.15) is 0 Å². The summed E-state index contributed by atoms with van der Waals surface area (Å²) >= 11 is 0. The summed E-state index contributed by atoms with van der Waals surface area (Å²) in [5.41, 5.74) is 0.322. The average molecular weight is 363 g/mol. The number of esters is 1. The van der Waals surface area contributed by atoms with Gasteiger partial charge >= 0.3 is 12.1 Å². The van der Waals surface area contributed by atoms with E-state index in [0.29, 0.717) is 17.1 Å². The van der Waals surface area contributed by atoms with Crippen LogP contribution in [0.1, 0.15) is 23.2 Å². The molecule has 1 atom stereocenters. The van der Waals surface area contributed by atoms with Crippen molar-refractivity contribution in [2.24, 2.45) is 5.92 Å². The highest BCUT2D eigenvalue weighted by Gasteiger charge is 2.36. The van der Waals surface area contributed by atoms with Crippen LogP contribution in [0.3, 0.4) is 0 Å². The number of hydrogen-bond donors (Lipinski definition) is 0. The van der Waals surface area contributed by atoms with Crippen LogP contribution in [0, 0.1) is 5.92 Å². The van der Waals surface area contributed by atoms with Crippen LogP contribution in [0.5, 0.6) is 11.5 Å². The van der Waals surface area contributed by atoms with Crippen molar-refractivity contribution in [3.05, 3.63) is 23.8 Å². The third kappa shape index (κ3) is 4.07. The lowest BCUT2D eigenvalue weighted by atomic mass is 10.1. The van der Waals surface area contributed by atoms with Crippen LogP contribution in [0.4, 0.5) is 4.79 Å². The van der Waals surface area contributed by atoms with Gasteiger partial charge < -0.3 is 18.9 Å². The van der Waals surface area contributed by atoms with Crippen LogP contribution < -0.4 is 9.47 Å². The zero-order chi connectivity index (χ0) is 18.7. The summed E-state index contributed by atoms with van der Waals surface area (Å²) in [7, 11) is 2.97. The standard InChI is InChI=1S/C18H21NO7/c1-23-12-5-6-16(24-2)14(7-12)15(20)9-19-8-13(26-18(19)22)10-25-17(21)11-3-4-11/h5-7,11,13H,3-4,8-10H2,1-2H3. The first-order chi connectivity index (χ1) is 12.5. The molecule has 3 rings (SSSR count). The second kappa shape index (κ2) is 7.63. The first kappa shape index (κ1) is 18.0. The van der Waals surface area contributed by atoms with Crippen molar-refractivity contribution in [1.29, 1.82) is 0 Å². The number of ketones is 1. The molecule has 1 amide bonds. The highest BCUT2D eigenvalue weighted by atomic mass is 16.6. The zero-order valence-corrected chi connectivity index (χ0v) is 14.7. The number of benzene rings is 1. The number of carbonyl (C=O) groups is 3. The first-order valence-corrected chi connectivity index (χ1v) is 8.39. The number of Topliss-reactive ketones (excluding diaryl/α,β-unsaturated/α-hetero) is 1.